The summed E-state index contributed by atoms with van der Waals surface area (Å²) in [6, 6.07) is 0. The first kappa shape index (κ1) is 58.1. The molecular formula is C49H88O15. The van der Waals surface area contributed by atoms with Crippen molar-refractivity contribution in [3.63, 3.8) is 0 Å². The highest BCUT2D eigenvalue weighted by atomic mass is 16.7. The van der Waals surface area contributed by atoms with E-state index < -0.39 is 92.7 Å². The lowest BCUT2D eigenvalue weighted by atomic mass is 9.98. The van der Waals surface area contributed by atoms with Crippen LogP contribution in [0.15, 0.2) is 24.3 Å². The summed E-state index contributed by atoms with van der Waals surface area (Å²) >= 11 is 0. The molecule has 0 amide bonds. The Bertz CT molecular complexity index is 1220. The lowest BCUT2D eigenvalue weighted by molar-refractivity contribution is -0.332. The van der Waals surface area contributed by atoms with E-state index in [2.05, 4.69) is 38.2 Å². The largest absolute Gasteiger partial charge is 0.462 e. The molecule has 0 aromatic heterocycles. The molecule has 2 saturated heterocycles. The smallest absolute Gasteiger partial charge is 0.306 e. The molecule has 0 radical (unpaired) electrons. The Kier molecular flexibility index (Phi) is 33.6. The summed E-state index contributed by atoms with van der Waals surface area (Å²) in [6.07, 6.45) is 19.2. The third-order valence-corrected chi connectivity index (χ3v) is 11.9. The number of esters is 2. The Labute approximate surface area is 383 Å². The van der Waals surface area contributed by atoms with Gasteiger partial charge < -0.3 is 64.2 Å². The molecule has 15 heteroatoms. The third-order valence-electron chi connectivity index (χ3n) is 11.9. The van der Waals surface area contributed by atoms with Gasteiger partial charge in [0.2, 0.25) is 0 Å². The summed E-state index contributed by atoms with van der Waals surface area (Å²) in [5.41, 5.74) is 0. The summed E-state index contributed by atoms with van der Waals surface area (Å²) in [7, 11) is 0. The maximum Gasteiger partial charge on any atom is 0.306 e. The molecular weight excluding hydrogens is 829 g/mol. The minimum atomic E-state index is -1.76. The fourth-order valence-electron chi connectivity index (χ4n) is 7.76. The van der Waals surface area contributed by atoms with Gasteiger partial charge in [0.15, 0.2) is 18.7 Å². The third kappa shape index (κ3) is 25.2. The van der Waals surface area contributed by atoms with E-state index in [1.165, 1.54) is 77.0 Å². The van der Waals surface area contributed by atoms with E-state index in [0.29, 0.717) is 12.8 Å². The van der Waals surface area contributed by atoms with E-state index in [0.717, 1.165) is 64.2 Å². The molecule has 64 heavy (non-hydrogen) atoms. The van der Waals surface area contributed by atoms with Crippen molar-refractivity contribution in [3.8, 4) is 0 Å². The normalized spacial score (nSPS) is 26.8. The predicted octanol–water partition coefficient (Wildman–Crippen LogP) is 6.38. The Balaban J connectivity index is 1.83. The molecule has 2 aliphatic heterocycles. The highest BCUT2D eigenvalue weighted by molar-refractivity contribution is 5.70. The summed E-state index contributed by atoms with van der Waals surface area (Å²) in [5.74, 6) is -0.936. The maximum absolute atomic E-state index is 13.0. The monoisotopic (exact) mass is 917 g/mol. The van der Waals surface area contributed by atoms with Crippen LogP contribution >= 0.6 is 0 Å². The van der Waals surface area contributed by atoms with E-state index in [1.807, 2.05) is 0 Å². The maximum atomic E-state index is 13.0. The number of hydrogen-bond acceptors (Lipinski definition) is 15. The van der Waals surface area contributed by atoms with Gasteiger partial charge in [0, 0.05) is 12.8 Å². The Hall–Kier alpha value is -2.02. The van der Waals surface area contributed by atoms with E-state index in [-0.39, 0.29) is 26.1 Å². The topological polar surface area (TPSA) is 231 Å². The molecule has 0 saturated carbocycles. The number of rotatable bonds is 38. The van der Waals surface area contributed by atoms with Crippen LogP contribution in [0.1, 0.15) is 181 Å². The molecule has 11 unspecified atom stereocenters. The number of carbonyl (C=O) groups excluding carboxylic acids is 2. The molecule has 2 aliphatic rings. The van der Waals surface area contributed by atoms with Crippen molar-refractivity contribution in [2.75, 3.05) is 26.4 Å². The molecule has 2 rings (SSSR count). The molecule has 0 aromatic carbocycles. The van der Waals surface area contributed by atoms with Gasteiger partial charge in [-0.3, -0.25) is 9.59 Å². The molecule has 7 N–H and O–H groups in total. The zero-order valence-electron chi connectivity index (χ0n) is 39.3. The minimum Gasteiger partial charge on any atom is -0.462 e. The fourth-order valence-corrected chi connectivity index (χ4v) is 7.76. The van der Waals surface area contributed by atoms with E-state index in [1.54, 1.807) is 0 Å². The highest BCUT2D eigenvalue weighted by Gasteiger charge is 2.47. The van der Waals surface area contributed by atoms with Crippen LogP contribution in [0.4, 0.5) is 0 Å². The highest BCUT2D eigenvalue weighted by Crippen LogP contribution is 2.26. The zero-order chi connectivity index (χ0) is 46.8. The molecule has 2 heterocycles. The number of carbonyl (C=O) groups is 2. The quantitative estimate of drug-likeness (QED) is 0.0203. The summed E-state index contributed by atoms with van der Waals surface area (Å²) in [4.78, 5) is 25.7. The van der Waals surface area contributed by atoms with Crippen LogP contribution < -0.4 is 0 Å². The van der Waals surface area contributed by atoms with Crippen LogP contribution in [0.2, 0.25) is 0 Å². The van der Waals surface area contributed by atoms with Crippen molar-refractivity contribution in [1.29, 1.82) is 0 Å². The first-order valence-corrected chi connectivity index (χ1v) is 24.9. The van der Waals surface area contributed by atoms with Crippen LogP contribution in [0.3, 0.4) is 0 Å². The second-order valence-electron chi connectivity index (χ2n) is 17.6. The van der Waals surface area contributed by atoms with E-state index >= 15 is 0 Å². The van der Waals surface area contributed by atoms with Crippen LogP contribution in [-0.2, 0) is 38.0 Å². The lowest BCUT2D eigenvalue weighted by Gasteiger charge is -2.42. The first-order chi connectivity index (χ1) is 31.0. The molecule has 2 fully saturated rings. The number of hydrogen-bond donors (Lipinski definition) is 7. The van der Waals surface area contributed by atoms with Crippen molar-refractivity contribution in [2.24, 2.45) is 0 Å². The zero-order valence-corrected chi connectivity index (χ0v) is 39.3. The van der Waals surface area contributed by atoms with Gasteiger partial charge in [-0.1, -0.05) is 154 Å². The van der Waals surface area contributed by atoms with E-state index in [9.17, 15) is 45.3 Å². The first-order valence-electron chi connectivity index (χ1n) is 24.9. The predicted molar refractivity (Wildman–Crippen MR) is 243 cm³/mol. The lowest BCUT2D eigenvalue weighted by Crippen LogP contribution is -2.61. The number of aliphatic hydroxyl groups excluding tert-OH is 7. The number of allylic oxidation sites excluding steroid dienone is 4. The van der Waals surface area contributed by atoms with Gasteiger partial charge in [-0.15, -0.1) is 0 Å². The van der Waals surface area contributed by atoms with Crippen LogP contribution in [0, 0.1) is 0 Å². The Morgan fingerprint density at radius 1 is 0.500 bits per heavy atom. The van der Waals surface area contributed by atoms with Gasteiger partial charge in [0.25, 0.3) is 0 Å². The second-order valence-corrected chi connectivity index (χ2v) is 17.6. The molecule has 374 valence electrons. The van der Waals surface area contributed by atoms with Crippen LogP contribution in [-0.4, -0.2) is 142 Å². The van der Waals surface area contributed by atoms with Gasteiger partial charge in [-0.05, 0) is 38.5 Å². The van der Waals surface area contributed by atoms with Crippen molar-refractivity contribution in [2.45, 2.75) is 248 Å². The summed E-state index contributed by atoms with van der Waals surface area (Å²) < 4.78 is 33.5. The van der Waals surface area contributed by atoms with E-state index in [4.69, 9.17) is 28.4 Å². The van der Waals surface area contributed by atoms with Gasteiger partial charge in [0.05, 0.1) is 19.8 Å². The second kappa shape index (κ2) is 37.0. The minimum absolute atomic E-state index is 0.151. The molecule has 0 aromatic rings. The van der Waals surface area contributed by atoms with Crippen molar-refractivity contribution in [1.82, 2.24) is 0 Å². The Morgan fingerprint density at radius 2 is 0.953 bits per heavy atom. The van der Waals surface area contributed by atoms with Crippen molar-refractivity contribution >= 4 is 11.9 Å². The molecule has 15 nitrogen and oxygen atoms in total. The molecule has 0 bridgehead atoms. The summed E-state index contributed by atoms with van der Waals surface area (Å²) in [5, 5.41) is 72.0. The van der Waals surface area contributed by atoms with Gasteiger partial charge in [0.1, 0.15) is 55.4 Å². The number of aliphatic hydroxyl groups is 7. The molecule has 11 atom stereocenters. The van der Waals surface area contributed by atoms with Crippen molar-refractivity contribution in [3.05, 3.63) is 24.3 Å². The Morgan fingerprint density at radius 3 is 1.50 bits per heavy atom. The number of unbranched alkanes of at least 4 members (excludes halogenated alkanes) is 20. The standard InChI is InChI=1S/C49H88O15/c1-3-5-7-9-11-13-15-17-19-21-23-25-27-29-31-40(51)59-34-37(62-41(52)32-30-28-26-24-22-20-18-16-14-12-10-8-6-4-2)35-60-48-47(58)45(56)43(54)39(64-48)36-61-49-46(57)44(55)42(53)38(33-50)63-49/h10,12,16,18,37-39,42-50,53-58H,3-9,11,13-15,17,19-36H2,1-2H3/b12-10-,18-16-. The summed E-state index contributed by atoms with van der Waals surface area (Å²) in [6.45, 7) is 2.54. The van der Waals surface area contributed by atoms with Crippen LogP contribution in [0.25, 0.3) is 0 Å². The van der Waals surface area contributed by atoms with Gasteiger partial charge >= 0.3 is 11.9 Å². The molecule has 0 aliphatic carbocycles. The SMILES string of the molecule is CCCC/C=C\C/C=C\CCCCCCCC(=O)OC(COC(=O)CCCCCCCCCCCCCCCC)COC1OC(COC2OC(CO)C(O)C(O)C2O)C(O)C(O)C1O. The number of ether oxygens (including phenoxy) is 6. The van der Waals surface area contributed by atoms with Crippen LogP contribution in [0.5, 0.6) is 0 Å². The van der Waals surface area contributed by atoms with Gasteiger partial charge in [-0.2, -0.15) is 0 Å². The average Bonchev–Trinajstić information content (AvgIpc) is 3.29. The van der Waals surface area contributed by atoms with Gasteiger partial charge in [-0.25, -0.2) is 0 Å². The molecule has 0 spiro atoms. The average molecular weight is 917 g/mol. The van der Waals surface area contributed by atoms with Crippen molar-refractivity contribution < 1.29 is 73.8 Å². The fraction of sp³-hybridized carbons (Fsp3) is 0.878.